The van der Waals surface area contributed by atoms with E-state index >= 15 is 0 Å². The summed E-state index contributed by atoms with van der Waals surface area (Å²) in [5.74, 6) is -1.22. The highest BCUT2D eigenvalue weighted by atomic mass is 79.9. The van der Waals surface area contributed by atoms with E-state index in [9.17, 15) is 33.6 Å². The van der Waals surface area contributed by atoms with Gasteiger partial charge in [-0.1, -0.05) is 157 Å². The third kappa shape index (κ3) is 15.5. The van der Waals surface area contributed by atoms with Crippen LogP contribution >= 0.6 is 47.8 Å². The second-order valence-corrected chi connectivity index (χ2v) is 25.3. The summed E-state index contributed by atoms with van der Waals surface area (Å²) in [7, 11) is 0. The Morgan fingerprint density at radius 2 is 0.873 bits per heavy atom. The van der Waals surface area contributed by atoms with E-state index < -0.39 is 17.9 Å². The highest BCUT2D eigenvalue weighted by Gasteiger charge is 2.25. The lowest BCUT2D eigenvalue weighted by atomic mass is 10.1. The fourth-order valence-corrected chi connectivity index (χ4v) is 12.0. The number of carboxylic acid groups (broad SMARTS) is 1. The van der Waals surface area contributed by atoms with Crippen LogP contribution in [0, 0.1) is 0 Å². The first kappa shape index (κ1) is 70.9. The van der Waals surface area contributed by atoms with Gasteiger partial charge in [0.05, 0.1) is 66.5 Å². The summed E-state index contributed by atoms with van der Waals surface area (Å²) >= 11 is 10.1. The lowest BCUT2D eigenvalue weighted by Crippen LogP contribution is -2.09. The van der Waals surface area contributed by atoms with Gasteiger partial charge in [-0.05, 0) is 102 Å². The number of carbonyl (C=O) groups excluding carboxylic acids is 6. The molecule has 0 aliphatic carbocycles. The van der Waals surface area contributed by atoms with Crippen molar-refractivity contribution >= 4 is 177 Å². The zero-order valence-corrected chi connectivity index (χ0v) is 59.7. The zero-order chi connectivity index (χ0) is 72.6. The molecule has 16 rings (SSSR count). The second-order valence-electron chi connectivity index (χ2n) is 22.5. The number of benzene rings is 9. The van der Waals surface area contributed by atoms with E-state index in [4.69, 9.17) is 21.6 Å². The average Bonchev–Trinajstić information content (AvgIpc) is 1.73. The average molecular weight is 1560 g/mol. The summed E-state index contributed by atoms with van der Waals surface area (Å²) in [6.07, 6.45) is 0. The first-order chi connectivity index (χ1) is 48.9. The van der Waals surface area contributed by atoms with E-state index in [0.29, 0.717) is 72.9 Å². The maximum Gasteiger partial charge on any atom is 0.357 e. The van der Waals surface area contributed by atoms with E-state index in [0.717, 1.165) is 63.2 Å². The second kappa shape index (κ2) is 30.8. The van der Waals surface area contributed by atoms with Gasteiger partial charge in [0.1, 0.15) is 17.1 Å². The lowest BCUT2D eigenvalue weighted by Gasteiger charge is -2.02. The molecule has 0 radical (unpaired) electrons. The number of para-hydroxylation sites is 4. The number of ether oxygens (including phenoxy) is 1. The Kier molecular flexibility index (Phi) is 21.4. The summed E-state index contributed by atoms with van der Waals surface area (Å²) in [4.78, 5) is 96.0. The van der Waals surface area contributed by atoms with Crippen LogP contribution in [0.4, 0.5) is 11.4 Å². The molecule has 9 aromatic carbocycles. The molecule has 0 spiro atoms. The van der Waals surface area contributed by atoms with Gasteiger partial charge in [-0.3, -0.25) is 48.1 Å². The van der Waals surface area contributed by atoms with E-state index in [1.54, 1.807) is 30.3 Å². The van der Waals surface area contributed by atoms with Crippen LogP contribution < -0.4 is 11.5 Å². The minimum Gasteiger partial charge on any atom is -0.476 e. The van der Waals surface area contributed by atoms with Crippen LogP contribution in [0.3, 0.4) is 0 Å². The van der Waals surface area contributed by atoms with Crippen LogP contribution in [-0.2, 0) is 14.3 Å². The molecule has 0 bridgehead atoms. The fourth-order valence-electron chi connectivity index (χ4n) is 11.0. The van der Waals surface area contributed by atoms with Gasteiger partial charge < -0.3 is 26.3 Å². The number of imidazole rings is 3. The number of aromatic nitrogens is 14. The Labute approximate surface area is 603 Å². The molecule has 0 amide bonds. The molecular formula is C74H59Br3N16O9. The third-order valence-electron chi connectivity index (χ3n) is 15.4. The van der Waals surface area contributed by atoms with Crippen LogP contribution in [0.2, 0.25) is 0 Å². The van der Waals surface area contributed by atoms with E-state index in [2.05, 4.69) is 128 Å². The van der Waals surface area contributed by atoms with Crippen molar-refractivity contribution in [3.63, 3.8) is 0 Å². The molecule has 0 atom stereocenters. The SMILES string of the molecule is CC(=O)OC(C)=O.CC(=O)n1nc(-c2nc3cc(Br)ccc3n2C(C)=O)c2ccccc21.CC(=O)n1nc(-c2nc3cc(Br)ccc3n2C(C)=O)c2ccccc21.Nc1ccc(Br)cc1N.O=C(O)c1n[nH]c2ccccc12.c1ccc(-c2ccc3nc(-c4n[nH]c5ccccc45)[nH]c3c2)cc1. The van der Waals surface area contributed by atoms with Gasteiger partial charge in [0.25, 0.3) is 0 Å². The summed E-state index contributed by atoms with van der Waals surface area (Å²) in [5.41, 5.74) is 24.3. The standard InChI is InChI=1S/C20H14N4.2C18H13BrN4O2.C8H6N2O2.C6H7BrN2.C4H6O3/c1-2-6-13(7-3-1)14-10-11-17-18(12-14)22-20(21-17)19-15-8-4-5-9-16(15)23-24-19;2*1-10(24)22-16-8-7-12(19)9-14(16)20-18(22)17-13-5-3-4-6-15(13)23(21-17)11(2)25;11-8(12)7-5-3-1-2-4-6(5)9-10-7;7-4-1-2-5(8)6(9)3-4;1-3(5)7-4(2)6/h1-12H,(H,21,22)(H,23,24);2*3-9H,1-2H3;1-4H,(H,9,10)(H,11,12);1-3H,8-9H2;1-2H3. The molecule has 28 heteroatoms. The first-order valence-corrected chi connectivity index (χ1v) is 33.3. The van der Waals surface area contributed by atoms with Crippen molar-refractivity contribution in [1.29, 1.82) is 0 Å². The minimum atomic E-state index is -1.01. The molecule has 510 valence electrons. The van der Waals surface area contributed by atoms with Gasteiger partial charge in [-0.2, -0.15) is 29.8 Å². The number of carboxylic acids is 1. The zero-order valence-electron chi connectivity index (χ0n) is 55.0. The van der Waals surface area contributed by atoms with Crippen molar-refractivity contribution in [2.45, 2.75) is 41.5 Å². The van der Waals surface area contributed by atoms with Crippen LogP contribution in [-0.4, -0.2) is 116 Å². The quantitative estimate of drug-likeness (QED) is 0.0529. The predicted molar refractivity (Wildman–Crippen MR) is 403 cm³/mol. The predicted octanol–water partition coefficient (Wildman–Crippen LogP) is 16.0. The summed E-state index contributed by atoms with van der Waals surface area (Å²) in [5, 5.41) is 34.6. The molecule has 0 fully saturated rings. The van der Waals surface area contributed by atoms with Gasteiger partial charge in [-0.15, -0.1) is 0 Å². The van der Waals surface area contributed by atoms with Crippen molar-refractivity contribution in [3.8, 4) is 45.7 Å². The Balaban J connectivity index is 0.000000130. The number of nitrogens with one attached hydrogen (secondary N) is 3. The number of nitrogens with zero attached hydrogens (tertiary/aromatic N) is 11. The summed E-state index contributed by atoms with van der Waals surface area (Å²) in [6, 6.07) is 63.1. The summed E-state index contributed by atoms with van der Waals surface area (Å²) in [6.45, 7) is 8.24. The van der Waals surface area contributed by atoms with Crippen LogP contribution in [0.5, 0.6) is 0 Å². The highest BCUT2D eigenvalue weighted by molar-refractivity contribution is 9.11. The maximum atomic E-state index is 12.3. The van der Waals surface area contributed by atoms with Crippen molar-refractivity contribution in [1.82, 2.24) is 69.0 Å². The van der Waals surface area contributed by atoms with E-state index in [-0.39, 0.29) is 29.3 Å². The fraction of sp³-hybridized carbons (Fsp3) is 0.0811. The number of nitrogen functional groups attached to an aromatic ring is 2. The van der Waals surface area contributed by atoms with Crippen molar-refractivity contribution in [2.24, 2.45) is 0 Å². The summed E-state index contributed by atoms with van der Waals surface area (Å²) < 4.78 is 12.4. The molecule has 0 aliphatic rings. The lowest BCUT2D eigenvalue weighted by molar-refractivity contribution is -0.156. The number of hydrogen-bond donors (Lipinski definition) is 6. The number of carbonyl (C=O) groups is 7. The van der Waals surface area contributed by atoms with E-state index in [1.807, 2.05) is 140 Å². The van der Waals surface area contributed by atoms with Crippen LogP contribution in [0.25, 0.3) is 122 Å². The maximum absolute atomic E-state index is 12.3. The Morgan fingerprint density at radius 3 is 1.35 bits per heavy atom. The largest absolute Gasteiger partial charge is 0.476 e. The number of aromatic carboxylic acids is 1. The number of esters is 2. The van der Waals surface area contributed by atoms with Crippen LogP contribution in [0.15, 0.2) is 214 Å². The number of nitrogens with two attached hydrogens (primary N) is 2. The molecule has 25 nitrogen and oxygen atoms in total. The van der Waals surface area contributed by atoms with Crippen LogP contribution in [0.1, 0.15) is 71.2 Å². The molecule has 102 heavy (non-hydrogen) atoms. The van der Waals surface area contributed by atoms with Gasteiger partial charge >= 0.3 is 17.9 Å². The molecule has 16 aromatic rings. The molecule has 0 saturated carbocycles. The monoisotopic (exact) mass is 1550 g/mol. The molecular weight excluding hydrogens is 1500 g/mol. The number of anilines is 2. The Morgan fingerprint density at radius 1 is 0.412 bits per heavy atom. The Bertz CT molecular complexity index is 5730. The third-order valence-corrected chi connectivity index (χ3v) is 16.8. The van der Waals surface area contributed by atoms with E-state index in [1.165, 1.54) is 71.2 Å². The van der Waals surface area contributed by atoms with Gasteiger partial charge in [0, 0.05) is 76.5 Å². The topological polar surface area (TPSA) is 358 Å². The smallest absolute Gasteiger partial charge is 0.357 e. The number of rotatable bonds is 5. The van der Waals surface area contributed by atoms with Gasteiger partial charge in [-0.25, -0.2) is 19.7 Å². The molecule has 7 heterocycles. The molecule has 0 saturated heterocycles. The number of aromatic amines is 3. The van der Waals surface area contributed by atoms with Gasteiger partial charge in [0.2, 0.25) is 23.6 Å². The van der Waals surface area contributed by atoms with Crippen molar-refractivity contribution in [3.05, 3.63) is 219 Å². The molecule has 0 unspecified atom stereocenters. The number of H-pyrrole nitrogens is 3. The molecule has 0 aliphatic heterocycles. The number of fused-ring (bicyclic) bond motifs is 7. The molecule has 7 aromatic heterocycles. The van der Waals surface area contributed by atoms with Crippen molar-refractivity contribution in [2.75, 3.05) is 11.5 Å². The normalized spacial score (nSPS) is 10.8. The molecule has 8 N–H and O–H groups in total. The van der Waals surface area contributed by atoms with Crippen molar-refractivity contribution < 1.29 is 43.4 Å². The first-order valence-electron chi connectivity index (χ1n) is 30.9. The number of halogens is 3. The minimum absolute atomic E-state index is 0.0746. The Hall–Kier alpha value is -12.4. The number of hydrogen-bond acceptors (Lipinski definition) is 17. The highest BCUT2D eigenvalue weighted by Crippen LogP contribution is 2.35. The van der Waals surface area contributed by atoms with Gasteiger partial charge in [0.15, 0.2) is 23.2 Å².